The molecule has 0 unspecified atom stereocenters. The molecular weight excluding hydrogens is 242 g/mol. The largest absolute Gasteiger partial charge is 0.391 e. The lowest BCUT2D eigenvalue weighted by Gasteiger charge is -1.99. The van der Waals surface area contributed by atoms with E-state index >= 15 is 0 Å². The average Bonchev–Trinajstić information content (AvgIpc) is 2.58. The second kappa shape index (κ2) is 4.28. The first kappa shape index (κ1) is 11.2. The number of halogens is 1. The molecule has 2 aromatic rings. The maximum atomic E-state index is 12.1. The van der Waals surface area contributed by atoms with E-state index in [0.717, 1.165) is 5.56 Å². The Hall–Kier alpha value is -1.32. The van der Waals surface area contributed by atoms with Gasteiger partial charge in [-0.25, -0.2) is 0 Å². The molecule has 16 heavy (non-hydrogen) atoms. The van der Waals surface area contributed by atoms with Gasteiger partial charge in [0.25, 0.3) is 0 Å². The molecule has 0 spiro atoms. The smallest absolute Gasteiger partial charge is 0.203 e. The second-order valence-electron chi connectivity index (χ2n) is 3.50. The van der Waals surface area contributed by atoms with Crippen LogP contribution in [0.2, 0.25) is 5.02 Å². The van der Waals surface area contributed by atoms with Crippen LogP contribution in [0.15, 0.2) is 30.3 Å². The molecule has 0 atom stereocenters. The van der Waals surface area contributed by atoms with Crippen molar-refractivity contribution in [2.75, 3.05) is 5.73 Å². The zero-order valence-corrected chi connectivity index (χ0v) is 10.2. The summed E-state index contributed by atoms with van der Waals surface area (Å²) in [5.74, 6) is -0.00383. The monoisotopic (exact) mass is 251 g/mol. The van der Waals surface area contributed by atoms with Gasteiger partial charge in [0.05, 0.1) is 9.88 Å². The Morgan fingerprint density at radius 3 is 2.44 bits per heavy atom. The summed E-state index contributed by atoms with van der Waals surface area (Å²) in [5, 5.41) is 1.29. The Labute approximate surface area is 103 Å². The summed E-state index contributed by atoms with van der Waals surface area (Å²) in [6, 6.07) is 8.68. The van der Waals surface area contributed by atoms with Crippen LogP contribution in [0, 0.1) is 6.92 Å². The van der Waals surface area contributed by atoms with Crippen molar-refractivity contribution >= 4 is 33.7 Å². The Bertz CT molecular complexity index is 530. The zero-order valence-electron chi connectivity index (χ0n) is 8.66. The Kier molecular flexibility index (Phi) is 2.99. The van der Waals surface area contributed by atoms with Gasteiger partial charge in [-0.1, -0.05) is 11.6 Å². The Morgan fingerprint density at radius 1 is 1.31 bits per heavy atom. The Balaban J connectivity index is 2.39. The minimum Gasteiger partial charge on any atom is -0.391 e. The standard InChI is InChI=1S/C12H10ClNOS/c1-7-6-10(14)16-12(7)11(15)8-2-4-9(13)5-3-8/h2-6H,14H2,1H3. The van der Waals surface area contributed by atoms with Crippen molar-refractivity contribution in [2.24, 2.45) is 0 Å². The molecule has 0 bridgehead atoms. The number of carbonyl (C=O) groups is 1. The van der Waals surface area contributed by atoms with Gasteiger partial charge in [0, 0.05) is 10.6 Å². The van der Waals surface area contributed by atoms with E-state index in [-0.39, 0.29) is 5.78 Å². The van der Waals surface area contributed by atoms with Crippen LogP contribution in [0.5, 0.6) is 0 Å². The first-order valence-electron chi connectivity index (χ1n) is 4.74. The highest BCUT2D eigenvalue weighted by Crippen LogP contribution is 2.26. The van der Waals surface area contributed by atoms with Crippen LogP contribution in [0.25, 0.3) is 0 Å². The second-order valence-corrected chi connectivity index (χ2v) is 5.02. The summed E-state index contributed by atoms with van der Waals surface area (Å²) in [4.78, 5) is 12.8. The van der Waals surface area contributed by atoms with Crippen LogP contribution in [-0.4, -0.2) is 5.78 Å². The summed E-state index contributed by atoms with van der Waals surface area (Å²) in [6.07, 6.45) is 0. The van der Waals surface area contributed by atoms with Gasteiger partial charge in [0.1, 0.15) is 0 Å². The summed E-state index contributed by atoms with van der Waals surface area (Å²) < 4.78 is 0. The van der Waals surface area contributed by atoms with Crippen molar-refractivity contribution in [3.8, 4) is 0 Å². The van der Waals surface area contributed by atoms with E-state index < -0.39 is 0 Å². The maximum Gasteiger partial charge on any atom is 0.203 e. The lowest BCUT2D eigenvalue weighted by Crippen LogP contribution is -1.99. The third-order valence-electron chi connectivity index (χ3n) is 2.25. The summed E-state index contributed by atoms with van der Waals surface area (Å²) in [5.41, 5.74) is 7.22. The molecule has 2 rings (SSSR count). The number of rotatable bonds is 2. The number of anilines is 1. The van der Waals surface area contributed by atoms with Gasteiger partial charge in [-0.05, 0) is 42.8 Å². The summed E-state index contributed by atoms with van der Waals surface area (Å²) in [6.45, 7) is 1.88. The normalized spacial score (nSPS) is 10.4. The first-order valence-corrected chi connectivity index (χ1v) is 5.93. The van der Waals surface area contributed by atoms with E-state index in [1.165, 1.54) is 11.3 Å². The van der Waals surface area contributed by atoms with Crippen LogP contribution in [0.1, 0.15) is 20.8 Å². The predicted molar refractivity (Wildman–Crippen MR) is 68.4 cm³/mol. The molecule has 1 heterocycles. The fraction of sp³-hybridized carbons (Fsp3) is 0.0833. The molecule has 0 fully saturated rings. The fourth-order valence-electron chi connectivity index (χ4n) is 1.46. The molecule has 0 aliphatic heterocycles. The number of nitrogen functional groups attached to an aromatic ring is 1. The minimum atomic E-state index is -0.00383. The molecule has 0 aliphatic carbocycles. The molecule has 1 aromatic carbocycles. The highest BCUT2D eigenvalue weighted by molar-refractivity contribution is 7.18. The van der Waals surface area contributed by atoms with Crippen molar-refractivity contribution in [1.29, 1.82) is 0 Å². The zero-order chi connectivity index (χ0) is 11.7. The van der Waals surface area contributed by atoms with Crippen LogP contribution in [0.4, 0.5) is 5.00 Å². The van der Waals surface area contributed by atoms with E-state index in [0.29, 0.717) is 20.5 Å². The van der Waals surface area contributed by atoms with E-state index in [4.69, 9.17) is 17.3 Å². The van der Waals surface area contributed by atoms with Gasteiger partial charge < -0.3 is 5.73 Å². The molecular formula is C12H10ClNOS. The van der Waals surface area contributed by atoms with Crippen LogP contribution < -0.4 is 5.73 Å². The molecule has 0 aliphatic rings. The van der Waals surface area contributed by atoms with Crippen LogP contribution in [-0.2, 0) is 0 Å². The molecule has 0 saturated carbocycles. The third kappa shape index (κ3) is 2.10. The molecule has 4 heteroatoms. The van der Waals surface area contributed by atoms with E-state index in [9.17, 15) is 4.79 Å². The van der Waals surface area contributed by atoms with Gasteiger partial charge in [0.15, 0.2) is 0 Å². The van der Waals surface area contributed by atoms with Crippen LogP contribution in [0.3, 0.4) is 0 Å². The molecule has 0 radical (unpaired) electrons. The van der Waals surface area contributed by atoms with Crippen molar-refractivity contribution in [3.63, 3.8) is 0 Å². The highest BCUT2D eigenvalue weighted by atomic mass is 35.5. The van der Waals surface area contributed by atoms with Gasteiger partial charge in [-0.2, -0.15) is 0 Å². The summed E-state index contributed by atoms with van der Waals surface area (Å²) >= 11 is 7.09. The molecule has 0 amide bonds. The minimum absolute atomic E-state index is 0.00383. The Morgan fingerprint density at radius 2 is 1.94 bits per heavy atom. The molecule has 1 aromatic heterocycles. The lowest BCUT2D eigenvalue weighted by molar-refractivity contribution is 0.104. The van der Waals surface area contributed by atoms with Gasteiger partial charge >= 0.3 is 0 Å². The van der Waals surface area contributed by atoms with Crippen molar-refractivity contribution in [1.82, 2.24) is 0 Å². The maximum absolute atomic E-state index is 12.1. The van der Waals surface area contributed by atoms with Gasteiger partial charge in [-0.3, -0.25) is 4.79 Å². The number of nitrogens with two attached hydrogens (primary N) is 1. The van der Waals surface area contributed by atoms with Crippen molar-refractivity contribution in [3.05, 3.63) is 51.4 Å². The number of aryl methyl sites for hydroxylation is 1. The summed E-state index contributed by atoms with van der Waals surface area (Å²) in [7, 11) is 0. The molecule has 2 N–H and O–H groups in total. The number of carbonyl (C=O) groups excluding carboxylic acids is 1. The average molecular weight is 252 g/mol. The number of thiophene rings is 1. The lowest BCUT2D eigenvalue weighted by atomic mass is 10.1. The number of benzene rings is 1. The highest BCUT2D eigenvalue weighted by Gasteiger charge is 2.14. The fourth-order valence-corrected chi connectivity index (χ4v) is 2.49. The van der Waals surface area contributed by atoms with Gasteiger partial charge in [0.2, 0.25) is 5.78 Å². The molecule has 82 valence electrons. The van der Waals surface area contributed by atoms with Crippen LogP contribution >= 0.6 is 22.9 Å². The van der Waals surface area contributed by atoms with E-state index in [2.05, 4.69) is 0 Å². The molecule has 0 saturated heterocycles. The first-order chi connectivity index (χ1) is 7.58. The number of hydrogen-bond donors (Lipinski definition) is 1. The van der Waals surface area contributed by atoms with Crippen molar-refractivity contribution in [2.45, 2.75) is 6.92 Å². The quantitative estimate of drug-likeness (QED) is 0.830. The predicted octanol–water partition coefficient (Wildman–Crippen LogP) is 3.52. The van der Waals surface area contributed by atoms with Gasteiger partial charge in [-0.15, -0.1) is 11.3 Å². The van der Waals surface area contributed by atoms with E-state index in [1.807, 2.05) is 13.0 Å². The SMILES string of the molecule is Cc1cc(N)sc1C(=O)c1ccc(Cl)cc1. The van der Waals surface area contributed by atoms with E-state index in [1.54, 1.807) is 24.3 Å². The topological polar surface area (TPSA) is 43.1 Å². The molecule has 2 nitrogen and oxygen atoms in total. The number of ketones is 1. The van der Waals surface area contributed by atoms with Crippen molar-refractivity contribution < 1.29 is 4.79 Å². The number of hydrogen-bond acceptors (Lipinski definition) is 3. The third-order valence-corrected chi connectivity index (χ3v) is 3.57.